The molecule has 0 bridgehead atoms. The van der Waals surface area contributed by atoms with Crippen molar-refractivity contribution in [2.24, 2.45) is 0 Å². The summed E-state index contributed by atoms with van der Waals surface area (Å²) in [5.41, 5.74) is -0.335. The van der Waals surface area contributed by atoms with Gasteiger partial charge in [-0.15, -0.1) is 0 Å². The number of benzene rings is 9. The summed E-state index contributed by atoms with van der Waals surface area (Å²) in [6.45, 7) is -14.3. The Bertz CT molecular complexity index is 2840. The minimum atomic E-state index is -5.34. The topological polar surface area (TPSA) is 44.8 Å². The molecule has 0 heterocycles. The average Bonchev–Trinajstić information content (AvgIpc) is 3.79. The molecular formula is C75H84O4P4. The van der Waals surface area contributed by atoms with Crippen LogP contribution in [0.15, 0.2) is 273 Å². The first kappa shape index (κ1) is 57.8. The van der Waals surface area contributed by atoms with Gasteiger partial charge in [0.25, 0.3) is 0 Å². The van der Waals surface area contributed by atoms with Gasteiger partial charge in [-0.05, 0) is 0 Å². The van der Waals surface area contributed by atoms with Crippen LogP contribution in [0.5, 0.6) is 0 Å². The van der Waals surface area contributed by atoms with Gasteiger partial charge < -0.3 is 0 Å². The van der Waals surface area contributed by atoms with Crippen molar-refractivity contribution in [1.82, 2.24) is 0 Å². The first-order chi connectivity index (χ1) is 40.9. The van der Waals surface area contributed by atoms with Crippen LogP contribution in [0.3, 0.4) is 0 Å². The van der Waals surface area contributed by atoms with E-state index in [4.69, 9.17) is 0 Å². The van der Waals surface area contributed by atoms with Crippen molar-refractivity contribution in [2.75, 3.05) is 0 Å². The monoisotopic (exact) mass is 1170 g/mol. The molecule has 0 radical (unpaired) electrons. The molecule has 9 aromatic rings. The van der Waals surface area contributed by atoms with E-state index in [0.29, 0.717) is 0 Å². The average molecular weight is 1170 g/mol. The van der Waals surface area contributed by atoms with Gasteiger partial charge in [-0.3, -0.25) is 0 Å². The summed E-state index contributed by atoms with van der Waals surface area (Å²) >= 11 is 0. The molecule has 3 aliphatic rings. The van der Waals surface area contributed by atoms with E-state index in [2.05, 4.69) is 273 Å². The van der Waals surface area contributed by atoms with Crippen LogP contribution in [0.1, 0.15) is 116 Å². The third-order valence-corrected chi connectivity index (χ3v) is 43.9. The summed E-state index contributed by atoms with van der Waals surface area (Å²) < 4.78 is 48.9. The van der Waals surface area contributed by atoms with Gasteiger partial charge in [-0.25, -0.2) is 0 Å². The molecule has 0 unspecified atom stereocenters. The third-order valence-electron chi connectivity index (χ3n) is 19.8. The van der Waals surface area contributed by atoms with Crippen LogP contribution in [-0.4, -0.2) is 17.0 Å². The van der Waals surface area contributed by atoms with E-state index < -0.39 is 28.3 Å². The number of hydrogen-bond acceptors (Lipinski definition) is 4. The van der Waals surface area contributed by atoms with Crippen molar-refractivity contribution < 1.29 is 17.5 Å². The molecule has 428 valence electrons. The molecule has 9 aromatic carbocycles. The second-order valence-electron chi connectivity index (χ2n) is 24.0. The maximum absolute atomic E-state index is 20.7. The molecule has 12 rings (SSSR count). The molecule has 0 aromatic heterocycles. The standard InChI is InChI=1S/C75H84O4P4/c76-80(77-81(67-46-22-7-23-47-67,68-48-24-8-25-49-68,69-50-26-9-27-51-69)64-40-16-1-2-17-41-64,78-82(70-52-28-10-29-53-70,71-54-30-11-31-55-71,72-56-32-12-33-57-72)65-42-18-3-4-19-43-65)79-83(73-58-34-13-35-59-73,74-60-36-14-37-61-74,75-62-38-15-39-63-75)66-44-20-5-6-21-45-66/h7-15,22-39,46-66H,1-6,16-21,40-45H2. The van der Waals surface area contributed by atoms with E-state index in [1.807, 2.05) is 0 Å². The van der Waals surface area contributed by atoms with Crippen molar-refractivity contribution in [1.29, 1.82) is 0 Å². The van der Waals surface area contributed by atoms with Gasteiger partial charge in [-0.1, -0.05) is 0 Å². The second-order valence-corrected chi connectivity index (χ2v) is 40.3. The van der Waals surface area contributed by atoms with Gasteiger partial charge in [-0.2, -0.15) is 0 Å². The SMILES string of the molecule is O=P(OP(c1ccccc1)(c1ccccc1)(c1ccccc1)C1CCCCCC1)(OP(c1ccccc1)(c1ccccc1)(c1ccccc1)C1CCCCCC1)OP(c1ccccc1)(c1ccccc1)(c1ccccc1)C1CCCCCC1. The first-order valence-corrected chi connectivity index (χ1v) is 39.3. The van der Waals surface area contributed by atoms with Crippen LogP contribution in [0.25, 0.3) is 0 Å². The Hall–Kier alpha value is -5.62. The summed E-state index contributed by atoms with van der Waals surface area (Å²) in [6.07, 6.45) is 18.1. The zero-order valence-corrected chi connectivity index (χ0v) is 51.9. The molecule has 3 fully saturated rings. The van der Waals surface area contributed by atoms with Gasteiger partial charge in [0.1, 0.15) is 0 Å². The van der Waals surface area contributed by atoms with Gasteiger partial charge >= 0.3 is 499 Å². The van der Waals surface area contributed by atoms with Gasteiger partial charge in [0, 0.05) is 0 Å². The summed E-state index contributed by atoms with van der Waals surface area (Å²) in [6, 6.07) is 99.9. The van der Waals surface area contributed by atoms with E-state index in [0.717, 1.165) is 163 Å². The van der Waals surface area contributed by atoms with Crippen LogP contribution in [0, 0.1) is 0 Å². The molecule has 0 saturated heterocycles. The van der Waals surface area contributed by atoms with Crippen molar-refractivity contribution >= 4 is 76.1 Å². The Kier molecular flexibility index (Phi) is 17.2. The Balaban J connectivity index is 1.35. The maximum atomic E-state index is 20.7. The van der Waals surface area contributed by atoms with E-state index in [1.54, 1.807) is 0 Å². The van der Waals surface area contributed by atoms with Crippen LogP contribution in [0.2, 0.25) is 0 Å². The Labute approximate surface area is 496 Å². The number of hydrogen-bond donors (Lipinski definition) is 0. The predicted molar refractivity (Wildman–Crippen MR) is 361 cm³/mol. The molecule has 8 heteroatoms. The summed E-state index contributed by atoms with van der Waals surface area (Å²) in [7, 11) is -5.34. The third kappa shape index (κ3) is 9.55. The van der Waals surface area contributed by atoms with E-state index in [9.17, 15) is 12.9 Å². The Morgan fingerprint density at radius 2 is 0.349 bits per heavy atom. The van der Waals surface area contributed by atoms with Gasteiger partial charge in [0.05, 0.1) is 0 Å². The molecule has 3 aliphatic carbocycles. The Morgan fingerprint density at radius 1 is 0.217 bits per heavy atom. The van der Waals surface area contributed by atoms with Crippen LogP contribution in [0.4, 0.5) is 0 Å². The zero-order valence-electron chi connectivity index (χ0n) is 48.4. The first-order valence-electron chi connectivity index (χ1n) is 31.2. The molecule has 0 aliphatic heterocycles. The fourth-order valence-corrected chi connectivity index (χ4v) is 44.8. The predicted octanol–water partition coefficient (Wildman–Crippen LogP) is 17.6. The van der Waals surface area contributed by atoms with Gasteiger partial charge in [0.15, 0.2) is 0 Å². The quantitative estimate of drug-likeness (QED) is 0.0634. The van der Waals surface area contributed by atoms with E-state index in [1.165, 1.54) is 0 Å². The molecule has 0 amide bonds. The second kappa shape index (κ2) is 24.8. The molecule has 0 atom stereocenters. The molecule has 83 heavy (non-hydrogen) atoms. The van der Waals surface area contributed by atoms with Crippen LogP contribution < -0.4 is 47.7 Å². The summed E-state index contributed by atoms with van der Waals surface area (Å²) in [4.78, 5) is 0. The zero-order chi connectivity index (χ0) is 56.4. The van der Waals surface area contributed by atoms with E-state index >= 15 is 4.57 Å². The fourth-order valence-electron chi connectivity index (χ4n) is 16.3. The fraction of sp³-hybridized carbons (Fsp3) is 0.280. The molecule has 4 nitrogen and oxygen atoms in total. The van der Waals surface area contributed by atoms with Crippen molar-refractivity contribution in [2.45, 2.75) is 133 Å². The van der Waals surface area contributed by atoms with Crippen molar-refractivity contribution in [3.8, 4) is 0 Å². The van der Waals surface area contributed by atoms with Crippen molar-refractivity contribution in [3.05, 3.63) is 273 Å². The van der Waals surface area contributed by atoms with Crippen LogP contribution in [-0.2, 0) is 17.5 Å². The van der Waals surface area contributed by atoms with E-state index in [-0.39, 0.29) is 17.0 Å². The van der Waals surface area contributed by atoms with Gasteiger partial charge in [0.2, 0.25) is 0 Å². The number of rotatable bonds is 18. The molecular weight excluding hydrogens is 1090 g/mol. The normalized spacial score (nSPS) is 18.7. The Morgan fingerprint density at radius 3 is 0.482 bits per heavy atom. The molecule has 3 saturated carbocycles. The molecule has 0 spiro atoms. The molecule has 0 N–H and O–H groups in total. The number of phosphoric acid groups is 1. The minimum absolute atomic E-state index is 0.112. The van der Waals surface area contributed by atoms with Crippen molar-refractivity contribution in [3.63, 3.8) is 0 Å². The van der Waals surface area contributed by atoms with Crippen LogP contribution >= 0.6 is 28.3 Å². The summed E-state index contributed by atoms with van der Waals surface area (Å²) in [5, 5.41) is 9.36. The summed E-state index contributed by atoms with van der Waals surface area (Å²) in [5.74, 6) is 0.